The average Bonchev–Trinajstić information content (AvgIpc) is 3.78. The molecule has 0 aliphatic rings. The molecule has 0 radical (unpaired) electrons. The van der Waals surface area contributed by atoms with Crippen molar-refractivity contribution in [1.82, 2.24) is 19.1 Å². The summed E-state index contributed by atoms with van der Waals surface area (Å²) in [5, 5.41) is 10.5. The molecule has 12 rings (SSSR count). The average molecular weight is 713 g/mol. The summed E-state index contributed by atoms with van der Waals surface area (Å²) in [6.45, 7) is 0. The van der Waals surface area contributed by atoms with Gasteiger partial charge < -0.3 is 4.57 Å². The molecule has 0 aliphatic carbocycles. The van der Waals surface area contributed by atoms with Crippen LogP contribution in [0, 0.1) is 0 Å². The minimum Gasteiger partial charge on any atom is -0.309 e. The van der Waals surface area contributed by atoms with Gasteiger partial charge in [-0.05, 0) is 75.8 Å². The monoisotopic (exact) mass is 712 g/mol. The van der Waals surface area contributed by atoms with Gasteiger partial charge in [-0.15, -0.1) is 0 Å². The van der Waals surface area contributed by atoms with E-state index < -0.39 is 0 Å². The predicted molar refractivity (Wildman–Crippen MR) is 234 cm³/mol. The Labute approximate surface area is 322 Å². The lowest BCUT2D eigenvalue weighted by atomic mass is 9.98. The van der Waals surface area contributed by atoms with E-state index in [1.54, 1.807) is 0 Å². The second kappa shape index (κ2) is 12.0. The molecule has 0 atom stereocenters. The standard InChI is InChI=1S/C52H32N4/c1-2-16-38(17-3-1)55-45-22-10-8-19-41(45)42-29-28-36(32-48(42)55)39-21-12-24-47-49(39)43-20-9-11-23-46(43)56(47)52-44-30-27-34-14-6-7-18-40(34)50(44)53-51(54-52)37-26-25-33-13-4-5-15-35(33)31-37/h1-32H. The first kappa shape index (κ1) is 30.9. The Hall–Kier alpha value is -7.56. The maximum atomic E-state index is 5.49. The molecular weight excluding hydrogens is 681 g/mol. The van der Waals surface area contributed by atoms with Gasteiger partial charge in [-0.25, -0.2) is 9.97 Å². The van der Waals surface area contributed by atoms with Crippen molar-refractivity contribution < 1.29 is 0 Å². The van der Waals surface area contributed by atoms with Gasteiger partial charge in [0.15, 0.2) is 5.82 Å². The van der Waals surface area contributed by atoms with Gasteiger partial charge in [0.05, 0.1) is 27.6 Å². The molecule has 0 saturated carbocycles. The molecular formula is C52H32N4. The highest BCUT2D eigenvalue weighted by atomic mass is 15.1. The lowest BCUT2D eigenvalue weighted by Crippen LogP contribution is -2.03. The number of hydrogen-bond donors (Lipinski definition) is 0. The Kier molecular flexibility index (Phi) is 6.60. The van der Waals surface area contributed by atoms with E-state index in [2.05, 4.69) is 203 Å². The van der Waals surface area contributed by atoms with Gasteiger partial charge in [-0.2, -0.15) is 0 Å². The van der Waals surface area contributed by atoms with Crippen LogP contribution in [0.15, 0.2) is 194 Å². The fraction of sp³-hybridized carbons (Fsp3) is 0. The van der Waals surface area contributed by atoms with Crippen LogP contribution in [0.1, 0.15) is 0 Å². The summed E-state index contributed by atoms with van der Waals surface area (Å²) >= 11 is 0. The van der Waals surface area contributed by atoms with Crippen molar-refractivity contribution in [3.05, 3.63) is 194 Å². The van der Waals surface area contributed by atoms with Gasteiger partial charge in [0, 0.05) is 43.6 Å². The fourth-order valence-electron chi connectivity index (χ4n) is 8.96. The number of hydrogen-bond acceptors (Lipinski definition) is 2. The van der Waals surface area contributed by atoms with Gasteiger partial charge >= 0.3 is 0 Å². The molecule has 9 aromatic carbocycles. The highest BCUT2D eigenvalue weighted by molar-refractivity contribution is 6.18. The minimum absolute atomic E-state index is 0.705. The third-order valence-corrected chi connectivity index (χ3v) is 11.5. The molecule has 0 unspecified atom stereocenters. The van der Waals surface area contributed by atoms with Crippen molar-refractivity contribution in [2.45, 2.75) is 0 Å². The van der Waals surface area contributed by atoms with Gasteiger partial charge in [0.25, 0.3) is 0 Å². The predicted octanol–water partition coefficient (Wildman–Crippen LogP) is 13.5. The molecule has 0 spiro atoms. The zero-order valence-electron chi connectivity index (χ0n) is 30.3. The summed E-state index contributed by atoms with van der Waals surface area (Å²) < 4.78 is 4.75. The van der Waals surface area contributed by atoms with Crippen molar-refractivity contribution >= 4 is 76.1 Å². The van der Waals surface area contributed by atoms with E-state index in [1.165, 1.54) is 49.1 Å². The van der Waals surface area contributed by atoms with Crippen LogP contribution in [0.25, 0.3) is 110 Å². The zero-order chi connectivity index (χ0) is 36.7. The molecule has 260 valence electrons. The van der Waals surface area contributed by atoms with E-state index in [0.717, 1.165) is 55.2 Å². The van der Waals surface area contributed by atoms with Crippen molar-refractivity contribution in [1.29, 1.82) is 0 Å². The summed E-state index contributed by atoms with van der Waals surface area (Å²) in [5.41, 5.74) is 10.0. The molecule has 3 aromatic heterocycles. The molecule has 0 N–H and O–H groups in total. The van der Waals surface area contributed by atoms with Crippen LogP contribution in [-0.2, 0) is 0 Å². The summed E-state index contributed by atoms with van der Waals surface area (Å²) in [4.78, 5) is 10.8. The SMILES string of the molecule is c1ccc(-n2c3ccccc3c3ccc(-c4cccc5c4c4ccccc4n5-c4nc(-c5ccc6ccccc6c5)nc5c4ccc4ccccc45)cc32)cc1. The Balaban J connectivity index is 1.15. The van der Waals surface area contributed by atoms with Gasteiger partial charge in [0.1, 0.15) is 5.82 Å². The third-order valence-electron chi connectivity index (χ3n) is 11.5. The Morgan fingerprint density at radius 3 is 1.82 bits per heavy atom. The zero-order valence-corrected chi connectivity index (χ0v) is 30.3. The number of nitrogens with zero attached hydrogens (tertiary/aromatic N) is 4. The number of para-hydroxylation sites is 3. The first-order valence-electron chi connectivity index (χ1n) is 19.1. The molecule has 0 aliphatic heterocycles. The molecule has 56 heavy (non-hydrogen) atoms. The Bertz CT molecular complexity index is 3540. The molecule has 4 heteroatoms. The lowest BCUT2D eigenvalue weighted by molar-refractivity contribution is 1.08. The first-order valence-corrected chi connectivity index (χ1v) is 19.1. The Morgan fingerprint density at radius 1 is 0.339 bits per heavy atom. The third kappa shape index (κ3) is 4.53. The maximum absolute atomic E-state index is 5.49. The van der Waals surface area contributed by atoms with Crippen LogP contribution in [0.3, 0.4) is 0 Å². The highest BCUT2D eigenvalue weighted by Crippen LogP contribution is 2.42. The summed E-state index contributed by atoms with van der Waals surface area (Å²) in [7, 11) is 0. The lowest BCUT2D eigenvalue weighted by Gasteiger charge is -2.14. The van der Waals surface area contributed by atoms with Gasteiger partial charge in [0.2, 0.25) is 0 Å². The van der Waals surface area contributed by atoms with Crippen LogP contribution in [0.2, 0.25) is 0 Å². The number of rotatable bonds is 4. The van der Waals surface area contributed by atoms with E-state index in [0.29, 0.717) is 5.82 Å². The molecule has 0 fully saturated rings. The van der Waals surface area contributed by atoms with Crippen LogP contribution in [0.5, 0.6) is 0 Å². The van der Waals surface area contributed by atoms with E-state index in [4.69, 9.17) is 9.97 Å². The van der Waals surface area contributed by atoms with E-state index >= 15 is 0 Å². The molecule has 4 nitrogen and oxygen atoms in total. The topological polar surface area (TPSA) is 35.6 Å². The Morgan fingerprint density at radius 2 is 0.964 bits per heavy atom. The van der Waals surface area contributed by atoms with Gasteiger partial charge in [-0.1, -0.05) is 146 Å². The molecule has 0 amide bonds. The smallest absolute Gasteiger partial charge is 0.162 e. The summed E-state index contributed by atoms with van der Waals surface area (Å²) in [6.07, 6.45) is 0. The van der Waals surface area contributed by atoms with E-state index in [9.17, 15) is 0 Å². The van der Waals surface area contributed by atoms with Crippen LogP contribution < -0.4 is 0 Å². The highest BCUT2D eigenvalue weighted by Gasteiger charge is 2.22. The molecule has 12 aromatic rings. The summed E-state index contributed by atoms with van der Waals surface area (Å²) in [5.74, 6) is 1.57. The molecule has 0 bridgehead atoms. The largest absolute Gasteiger partial charge is 0.309 e. The van der Waals surface area contributed by atoms with Gasteiger partial charge in [-0.3, -0.25) is 4.57 Å². The van der Waals surface area contributed by atoms with Crippen LogP contribution in [-0.4, -0.2) is 19.1 Å². The van der Waals surface area contributed by atoms with Crippen molar-refractivity contribution in [2.75, 3.05) is 0 Å². The molecule has 3 heterocycles. The second-order valence-corrected chi connectivity index (χ2v) is 14.6. The number of fused-ring (bicyclic) bond motifs is 10. The summed E-state index contributed by atoms with van der Waals surface area (Å²) in [6, 6.07) is 69.7. The van der Waals surface area contributed by atoms with E-state index in [1.807, 2.05) is 0 Å². The maximum Gasteiger partial charge on any atom is 0.162 e. The van der Waals surface area contributed by atoms with Crippen molar-refractivity contribution in [2.24, 2.45) is 0 Å². The molecule has 0 saturated heterocycles. The number of benzene rings is 9. The minimum atomic E-state index is 0.705. The van der Waals surface area contributed by atoms with Crippen LogP contribution in [0.4, 0.5) is 0 Å². The van der Waals surface area contributed by atoms with Crippen LogP contribution >= 0.6 is 0 Å². The van der Waals surface area contributed by atoms with Crippen molar-refractivity contribution in [3.8, 4) is 34.0 Å². The second-order valence-electron chi connectivity index (χ2n) is 14.6. The normalized spacial score (nSPS) is 11.9. The fourth-order valence-corrected chi connectivity index (χ4v) is 8.96. The number of aromatic nitrogens is 4. The first-order chi connectivity index (χ1) is 27.8. The van der Waals surface area contributed by atoms with Crippen molar-refractivity contribution in [3.63, 3.8) is 0 Å². The quantitative estimate of drug-likeness (QED) is 0.170. The van der Waals surface area contributed by atoms with E-state index in [-0.39, 0.29) is 0 Å².